The van der Waals surface area contributed by atoms with Crippen molar-refractivity contribution in [2.24, 2.45) is 5.92 Å². The molecule has 2 aromatic rings. The first-order chi connectivity index (χ1) is 10.4. The van der Waals surface area contributed by atoms with E-state index in [0.29, 0.717) is 28.7 Å². The molecule has 2 aromatic carbocycles. The van der Waals surface area contributed by atoms with Gasteiger partial charge in [0.2, 0.25) is 0 Å². The highest BCUT2D eigenvalue weighted by Crippen LogP contribution is 2.26. The highest BCUT2D eigenvalue weighted by atomic mass is 35.5. The summed E-state index contributed by atoms with van der Waals surface area (Å²) in [5, 5.41) is 0.490. The van der Waals surface area contributed by atoms with E-state index in [-0.39, 0.29) is 5.78 Å². The van der Waals surface area contributed by atoms with Crippen LogP contribution in [0.4, 0.5) is 0 Å². The van der Waals surface area contributed by atoms with Crippen molar-refractivity contribution in [1.29, 1.82) is 0 Å². The number of aryl methyl sites for hydroxylation is 2. The largest absolute Gasteiger partial charge is 0.493 e. The minimum atomic E-state index is -0.0454. The van der Waals surface area contributed by atoms with E-state index >= 15 is 0 Å². The predicted octanol–water partition coefficient (Wildman–Crippen LogP) is 5.22. The Morgan fingerprint density at radius 3 is 2.45 bits per heavy atom. The van der Waals surface area contributed by atoms with Crippen molar-refractivity contribution in [1.82, 2.24) is 0 Å². The van der Waals surface area contributed by atoms with Gasteiger partial charge in [-0.25, -0.2) is 0 Å². The van der Waals surface area contributed by atoms with Gasteiger partial charge < -0.3 is 4.74 Å². The van der Waals surface area contributed by atoms with Crippen LogP contribution in [0.3, 0.4) is 0 Å². The van der Waals surface area contributed by atoms with Crippen molar-refractivity contribution in [2.45, 2.75) is 27.7 Å². The lowest BCUT2D eigenvalue weighted by atomic mass is 9.96. The van der Waals surface area contributed by atoms with Gasteiger partial charge in [0.05, 0.1) is 11.6 Å². The second-order valence-corrected chi connectivity index (χ2v) is 6.35. The molecule has 0 amide bonds. The zero-order valence-corrected chi connectivity index (χ0v) is 14.2. The fraction of sp³-hybridized carbons (Fsp3) is 0.316. The molecule has 0 radical (unpaired) electrons. The second kappa shape index (κ2) is 6.97. The lowest BCUT2D eigenvalue weighted by Crippen LogP contribution is -2.08. The number of hydrogen-bond donors (Lipinski definition) is 0. The average Bonchev–Trinajstić information content (AvgIpc) is 2.44. The van der Waals surface area contributed by atoms with Gasteiger partial charge in [-0.1, -0.05) is 37.6 Å². The van der Waals surface area contributed by atoms with Crippen LogP contribution in [0.5, 0.6) is 5.75 Å². The summed E-state index contributed by atoms with van der Waals surface area (Å²) in [5.41, 5.74) is 3.01. The summed E-state index contributed by atoms with van der Waals surface area (Å²) in [4.78, 5) is 12.8. The topological polar surface area (TPSA) is 26.3 Å². The van der Waals surface area contributed by atoms with Gasteiger partial charge in [-0.05, 0) is 55.2 Å². The van der Waals surface area contributed by atoms with Gasteiger partial charge in [-0.15, -0.1) is 0 Å². The molecule has 0 fully saturated rings. The summed E-state index contributed by atoms with van der Waals surface area (Å²) in [6.45, 7) is 8.68. The van der Waals surface area contributed by atoms with Gasteiger partial charge in [0.15, 0.2) is 5.78 Å². The first-order valence-corrected chi connectivity index (χ1v) is 7.81. The Morgan fingerprint density at radius 2 is 1.86 bits per heavy atom. The molecule has 3 heteroatoms. The molecular formula is C19H21ClO2. The quantitative estimate of drug-likeness (QED) is 0.707. The van der Waals surface area contributed by atoms with Crippen LogP contribution in [-0.2, 0) is 0 Å². The van der Waals surface area contributed by atoms with Crippen molar-refractivity contribution in [3.63, 3.8) is 0 Å². The lowest BCUT2D eigenvalue weighted by molar-refractivity contribution is 0.103. The van der Waals surface area contributed by atoms with Crippen LogP contribution < -0.4 is 4.74 Å². The van der Waals surface area contributed by atoms with Crippen molar-refractivity contribution >= 4 is 17.4 Å². The van der Waals surface area contributed by atoms with E-state index < -0.39 is 0 Å². The van der Waals surface area contributed by atoms with Crippen LogP contribution in [0.2, 0.25) is 5.02 Å². The van der Waals surface area contributed by atoms with Gasteiger partial charge >= 0.3 is 0 Å². The highest BCUT2D eigenvalue weighted by molar-refractivity contribution is 6.35. The summed E-state index contributed by atoms with van der Waals surface area (Å²) >= 11 is 6.20. The molecule has 0 bridgehead atoms. The van der Waals surface area contributed by atoms with Crippen LogP contribution in [-0.4, -0.2) is 12.4 Å². The maximum Gasteiger partial charge on any atom is 0.195 e. The minimum absolute atomic E-state index is 0.0454. The molecule has 0 aliphatic heterocycles. The van der Waals surface area contributed by atoms with Crippen LogP contribution in [0, 0.1) is 19.8 Å². The third kappa shape index (κ3) is 3.69. The van der Waals surface area contributed by atoms with E-state index in [2.05, 4.69) is 13.8 Å². The molecule has 2 rings (SSSR count). The number of carbonyl (C=O) groups excluding carboxylic acids is 1. The number of benzene rings is 2. The molecule has 0 saturated heterocycles. The average molecular weight is 317 g/mol. The van der Waals surface area contributed by atoms with Crippen LogP contribution in [0.25, 0.3) is 0 Å². The Hall–Kier alpha value is -1.80. The summed E-state index contributed by atoms with van der Waals surface area (Å²) in [6.07, 6.45) is 0. The van der Waals surface area contributed by atoms with Crippen molar-refractivity contribution < 1.29 is 9.53 Å². The van der Waals surface area contributed by atoms with E-state index in [4.69, 9.17) is 16.3 Å². The van der Waals surface area contributed by atoms with E-state index in [1.807, 2.05) is 44.2 Å². The maximum atomic E-state index is 12.8. The summed E-state index contributed by atoms with van der Waals surface area (Å²) in [5.74, 6) is 1.21. The first-order valence-electron chi connectivity index (χ1n) is 7.43. The molecule has 0 spiro atoms. The predicted molar refractivity (Wildman–Crippen MR) is 91.1 cm³/mol. The van der Waals surface area contributed by atoms with Crippen molar-refractivity contribution in [3.05, 3.63) is 63.7 Å². The number of ketones is 1. The van der Waals surface area contributed by atoms with E-state index in [1.165, 1.54) is 0 Å². The molecule has 0 aromatic heterocycles. The Labute approximate surface area is 137 Å². The highest BCUT2D eigenvalue weighted by Gasteiger charge is 2.17. The molecule has 0 aliphatic rings. The molecule has 0 aliphatic carbocycles. The van der Waals surface area contributed by atoms with Crippen LogP contribution in [0.1, 0.15) is 40.9 Å². The molecular weight excluding hydrogens is 296 g/mol. The van der Waals surface area contributed by atoms with Gasteiger partial charge in [0.1, 0.15) is 5.75 Å². The SMILES string of the molecule is Cc1cc(OCC(C)C)ccc1C(=O)c1c(C)cccc1Cl. The van der Waals surface area contributed by atoms with Gasteiger partial charge in [-0.2, -0.15) is 0 Å². The van der Waals surface area contributed by atoms with Gasteiger partial charge in [-0.3, -0.25) is 4.79 Å². The number of carbonyl (C=O) groups is 1. The Balaban J connectivity index is 2.31. The van der Waals surface area contributed by atoms with Gasteiger partial charge in [0, 0.05) is 11.1 Å². The molecule has 22 heavy (non-hydrogen) atoms. The summed E-state index contributed by atoms with van der Waals surface area (Å²) in [7, 11) is 0. The minimum Gasteiger partial charge on any atom is -0.493 e. The Kier molecular flexibility index (Phi) is 5.25. The third-order valence-corrected chi connectivity index (χ3v) is 3.79. The van der Waals surface area contributed by atoms with Gasteiger partial charge in [0.25, 0.3) is 0 Å². The zero-order chi connectivity index (χ0) is 16.3. The lowest BCUT2D eigenvalue weighted by Gasteiger charge is -2.12. The molecule has 0 heterocycles. The van der Waals surface area contributed by atoms with E-state index in [0.717, 1.165) is 16.9 Å². The molecule has 116 valence electrons. The fourth-order valence-corrected chi connectivity index (χ4v) is 2.61. The molecule has 0 atom stereocenters. The maximum absolute atomic E-state index is 12.8. The first kappa shape index (κ1) is 16.6. The molecule has 0 saturated carbocycles. The monoisotopic (exact) mass is 316 g/mol. The van der Waals surface area contributed by atoms with Crippen LogP contribution in [0.15, 0.2) is 36.4 Å². The van der Waals surface area contributed by atoms with E-state index in [1.54, 1.807) is 6.07 Å². The van der Waals surface area contributed by atoms with E-state index in [9.17, 15) is 4.79 Å². The Bertz CT molecular complexity index is 670. The second-order valence-electron chi connectivity index (χ2n) is 5.94. The fourth-order valence-electron chi connectivity index (χ4n) is 2.30. The number of hydrogen-bond acceptors (Lipinski definition) is 2. The standard InChI is InChI=1S/C19H21ClO2/c1-12(2)11-22-15-8-9-16(14(4)10-15)19(21)18-13(3)6-5-7-17(18)20/h5-10,12H,11H2,1-4H3. The van der Waals surface area contributed by atoms with Crippen molar-refractivity contribution in [3.8, 4) is 5.75 Å². The Morgan fingerprint density at radius 1 is 1.14 bits per heavy atom. The number of halogens is 1. The van der Waals surface area contributed by atoms with Crippen LogP contribution >= 0.6 is 11.6 Å². The summed E-state index contributed by atoms with van der Waals surface area (Å²) in [6, 6.07) is 11.1. The summed E-state index contributed by atoms with van der Waals surface area (Å²) < 4.78 is 5.70. The third-order valence-electron chi connectivity index (χ3n) is 3.47. The molecule has 0 unspecified atom stereocenters. The normalized spacial score (nSPS) is 10.8. The molecule has 0 N–H and O–H groups in total. The number of ether oxygens (including phenoxy) is 1. The smallest absolute Gasteiger partial charge is 0.195 e. The van der Waals surface area contributed by atoms with Crippen molar-refractivity contribution in [2.75, 3.05) is 6.61 Å². The zero-order valence-electron chi connectivity index (χ0n) is 13.4. The molecule has 2 nitrogen and oxygen atoms in total. The number of rotatable bonds is 5.